The number of carboxylic acids is 1. The summed E-state index contributed by atoms with van der Waals surface area (Å²) in [7, 11) is 4.21. The van der Waals surface area contributed by atoms with E-state index in [0.29, 0.717) is 19.5 Å². The summed E-state index contributed by atoms with van der Waals surface area (Å²) in [6.45, 7) is 1.03. The predicted octanol–water partition coefficient (Wildman–Crippen LogP) is 2.11. The standard InChI is InChI=1S/C19H27N3O3/c1-21(2)19(15-5-3-4-11-20-15)9-7-18(8-10-19)13-16(23)22(14-18)12-6-17(24)25/h3-5,11H,6-10,12-14H2,1-2H3,(H,24,25)/t18-,19+. The molecule has 0 radical (unpaired) electrons. The van der Waals surface area contributed by atoms with Crippen LogP contribution in [0.4, 0.5) is 0 Å². The molecule has 1 N–H and O–H groups in total. The molecule has 0 unspecified atom stereocenters. The van der Waals surface area contributed by atoms with Crippen molar-refractivity contribution in [2.24, 2.45) is 5.41 Å². The van der Waals surface area contributed by atoms with Crippen LogP contribution in [0, 0.1) is 5.41 Å². The lowest BCUT2D eigenvalue weighted by Gasteiger charge is -2.48. The number of hydrogen-bond acceptors (Lipinski definition) is 4. The monoisotopic (exact) mass is 345 g/mol. The van der Waals surface area contributed by atoms with Crippen LogP contribution in [-0.2, 0) is 15.1 Å². The minimum Gasteiger partial charge on any atom is -0.481 e. The van der Waals surface area contributed by atoms with Gasteiger partial charge in [0.05, 0.1) is 17.7 Å². The number of aromatic nitrogens is 1. The van der Waals surface area contributed by atoms with Gasteiger partial charge < -0.3 is 10.0 Å². The number of amides is 1. The van der Waals surface area contributed by atoms with Gasteiger partial charge in [0.25, 0.3) is 0 Å². The molecule has 3 rings (SSSR count). The Morgan fingerprint density at radius 2 is 2.00 bits per heavy atom. The van der Waals surface area contributed by atoms with Crippen LogP contribution >= 0.6 is 0 Å². The average molecular weight is 345 g/mol. The van der Waals surface area contributed by atoms with Crippen LogP contribution in [-0.4, -0.2) is 59.0 Å². The van der Waals surface area contributed by atoms with Crippen molar-refractivity contribution in [2.45, 2.75) is 44.1 Å². The fourth-order valence-corrected chi connectivity index (χ4v) is 4.52. The second-order valence-electron chi connectivity index (χ2n) is 7.78. The molecule has 1 spiro atoms. The smallest absolute Gasteiger partial charge is 0.305 e. The Morgan fingerprint density at radius 1 is 1.28 bits per heavy atom. The lowest BCUT2D eigenvalue weighted by molar-refractivity contribution is -0.137. The van der Waals surface area contributed by atoms with Crippen molar-refractivity contribution < 1.29 is 14.7 Å². The summed E-state index contributed by atoms with van der Waals surface area (Å²) in [5.74, 6) is -0.740. The highest BCUT2D eigenvalue weighted by molar-refractivity contribution is 5.80. The number of pyridine rings is 1. The van der Waals surface area contributed by atoms with Crippen LogP contribution in [0.25, 0.3) is 0 Å². The van der Waals surface area contributed by atoms with Gasteiger partial charge in [-0.05, 0) is 57.3 Å². The molecule has 136 valence electrons. The lowest BCUT2D eigenvalue weighted by Crippen LogP contribution is -2.48. The Kier molecular flexibility index (Phi) is 4.82. The summed E-state index contributed by atoms with van der Waals surface area (Å²) in [6, 6.07) is 6.06. The van der Waals surface area contributed by atoms with Gasteiger partial charge in [-0.1, -0.05) is 6.07 Å². The summed E-state index contributed by atoms with van der Waals surface area (Å²) in [5, 5.41) is 8.87. The predicted molar refractivity (Wildman–Crippen MR) is 94.0 cm³/mol. The van der Waals surface area contributed by atoms with E-state index in [1.165, 1.54) is 0 Å². The van der Waals surface area contributed by atoms with Crippen molar-refractivity contribution in [1.29, 1.82) is 0 Å². The molecule has 6 heteroatoms. The summed E-state index contributed by atoms with van der Waals surface area (Å²) in [4.78, 5) is 31.8. The number of hydrogen-bond donors (Lipinski definition) is 1. The summed E-state index contributed by atoms with van der Waals surface area (Å²) in [6.07, 6.45) is 6.30. The number of carbonyl (C=O) groups excluding carboxylic acids is 1. The molecule has 1 saturated heterocycles. The van der Waals surface area contributed by atoms with Crippen LogP contribution in [0.15, 0.2) is 24.4 Å². The molecule has 2 fully saturated rings. The Balaban J connectivity index is 1.72. The molecule has 1 aromatic rings. The SMILES string of the molecule is CN(C)[C@]1(c2ccccn2)CC[C@]2(CC1)CC(=O)N(CCC(=O)O)C2. The molecular weight excluding hydrogens is 318 g/mol. The van der Waals surface area contributed by atoms with Gasteiger partial charge in [-0.25, -0.2) is 0 Å². The third-order valence-electron chi connectivity index (χ3n) is 6.14. The molecule has 6 nitrogen and oxygen atoms in total. The zero-order valence-electron chi connectivity index (χ0n) is 15.1. The molecule has 0 bridgehead atoms. The van der Waals surface area contributed by atoms with Crippen molar-refractivity contribution in [3.63, 3.8) is 0 Å². The first kappa shape index (κ1) is 17.9. The number of nitrogens with zero attached hydrogens (tertiary/aromatic N) is 3. The van der Waals surface area contributed by atoms with E-state index in [-0.39, 0.29) is 23.3 Å². The van der Waals surface area contributed by atoms with Gasteiger partial charge in [0.15, 0.2) is 0 Å². The molecule has 2 heterocycles. The number of rotatable bonds is 5. The largest absolute Gasteiger partial charge is 0.481 e. The molecule has 0 atom stereocenters. The zero-order valence-corrected chi connectivity index (χ0v) is 15.1. The summed E-state index contributed by atoms with van der Waals surface area (Å²) >= 11 is 0. The van der Waals surface area contributed by atoms with Gasteiger partial charge in [0.1, 0.15) is 0 Å². The molecule has 1 amide bonds. The van der Waals surface area contributed by atoms with Gasteiger partial charge in [0.2, 0.25) is 5.91 Å². The van der Waals surface area contributed by atoms with Gasteiger partial charge >= 0.3 is 5.97 Å². The Labute approximate surface area is 148 Å². The maximum Gasteiger partial charge on any atom is 0.305 e. The van der Waals surface area contributed by atoms with Crippen molar-refractivity contribution in [3.05, 3.63) is 30.1 Å². The van der Waals surface area contributed by atoms with Gasteiger partial charge in [-0.15, -0.1) is 0 Å². The Bertz CT molecular complexity index is 637. The molecule has 1 aliphatic carbocycles. The fraction of sp³-hybridized carbons (Fsp3) is 0.632. The molecule has 1 aliphatic heterocycles. The van der Waals surface area contributed by atoms with E-state index in [0.717, 1.165) is 31.4 Å². The molecular formula is C19H27N3O3. The average Bonchev–Trinajstić information content (AvgIpc) is 2.90. The topological polar surface area (TPSA) is 73.7 Å². The second-order valence-corrected chi connectivity index (χ2v) is 7.78. The van der Waals surface area contributed by atoms with Gasteiger partial charge in [0, 0.05) is 25.7 Å². The molecule has 1 aromatic heterocycles. The number of carbonyl (C=O) groups is 2. The van der Waals surface area contributed by atoms with Crippen molar-refractivity contribution in [2.75, 3.05) is 27.2 Å². The minimum absolute atomic E-state index is 0.00385. The van der Waals surface area contributed by atoms with Crippen LogP contribution in [0.5, 0.6) is 0 Å². The Morgan fingerprint density at radius 3 is 2.56 bits per heavy atom. The Hall–Kier alpha value is -1.95. The van der Waals surface area contributed by atoms with E-state index in [2.05, 4.69) is 30.0 Å². The van der Waals surface area contributed by atoms with Crippen LogP contribution in [0.1, 0.15) is 44.2 Å². The third-order valence-corrected chi connectivity index (χ3v) is 6.14. The minimum atomic E-state index is -0.848. The number of carboxylic acid groups (broad SMARTS) is 1. The molecule has 2 aliphatic rings. The summed E-state index contributed by atoms with van der Waals surface area (Å²) < 4.78 is 0. The van der Waals surface area contributed by atoms with E-state index in [1.807, 2.05) is 18.3 Å². The molecule has 1 saturated carbocycles. The van der Waals surface area contributed by atoms with Crippen molar-refractivity contribution >= 4 is 11.9 Å². The van der Waals surface area contributed by atoms with E-state index in [1.54, 1.807) is 4.90 Å². The quantitative estimate of drug-likeness (QED) is 0.885. The fourth-order valence-electron chi connectivity index (χ4n) is 4.52. The van der Waals surface area contributed by atoms with E-state index >= 15 is 0 Å². The maximum atomic E-state index is 12.3. The lowest BCUT2D eigenvalue weighted by atomic mass is 9.65. The van der Waals surface area contributed by atoms with Crippen LogP contribution in [0.3, 0.4) is 0 Å². The van der Waals surface area contributed by atoms with E-state index < -0.39 is 5.97 Å². The van der Waals surface area contributed by atoms with E-state index in [9.17, 15) is 9.59 Å². The van der Waals surface area contributed by atoms with Crippen molar-refractivity contribution in [3.8, 4) is 0 Å². The normalized spacial score (nSPS) is 29.6. The van der Waals surface area contributed by atoms with E-state index in [4.69, 9.17) is 5.11 Å². The first-order valence-corrected chi connectivity index (χ1v) is 8.95. The highest BCUT2D eigenvalue weighted by atomic mass is 16.4. The van der Waals surface area contributed by atoms with Gasteiger partial charge in [-0.3, -0.25) is 19.5 Å². The highest BCUT2D eigenvalue weighted by Crippen LogP contribution is 2.51. The molecule has 25 heavy (non-hydrogen) atoms. The van der Waals surface area contributed by atoms with Crippen molar-refractivity contribution in [1.82, 2.24) is 14.8 Å². The first-order chi connectivity index (χ1) is 11.9. The maximum absolute atomic E-state index is 12.3. The number of aliphatic carboxylic acids is 1. The second kappa shape index (κ2) is 6.75. The van der Waals surface area contributed by atoms with Crippen LogP contribution < -0.4 is 0 Å². The number of likely N-dealkylation sites (tertiary alicyclic amines) is 1. The zero-order chi connectivity index (χ0) is 18.1. The third kappa shape index (κ3) is 3.40. The highest BCUT2D eigenvalue weighted by Gasteiger charge is 2.50. The summed E-state index contributed by atoms with van der Waals surface area (Å²) in [5.41, 5.74) is 1.02. The molecule has 0 aromatic carbocycles. The first-order valence-electron chi connectivity index (χ1n) is 8.95. The van der Waals surface area contributed by atoms with Gasteiger partial charge in [-0.2, -0.15) is 0 Å². The van der Waals surface area contributed by atoms with Crippen LogP contribution in [0.2, 0.25) is 0 Å².